The first-order valence-electron chi connectivity index (χ1n) is 6.95. The van der Waals surface area contributed by atoms with Gasteiger partial charge >= 0.3 is 0 Å². The second kappa shape index (κ2) is 6.59. The Balaban J connectivity index is 1.87. The third kappa shape index (κ3) is 2.99. The topological polar surface area (TPSA) is 43.2 Å². The lowest BCUT2D eigenvalue weighted by molar-refractivity contribution is 0.811. The molecule has 0 atom stereocenters. The number of anilines is 2. The highest BCUT2D eigenvalue weighted by Crippen LogP contribution is 2.26. The van der Waals surface area contributed by atoms with Gasteiger partial charge < -0.3 is 9.80 Å². The molecule has 3 heterocycles. The van der Waals surface area contributed by atoms with Crippen LogP contribution < -0.4 is 9.80 Å². The standard InChI is InChI=1S/C14H18N4S2/c15-11-12-1-2-13(17-3-7-19-8-4-17)16-14(12)18-5-9-20-10-6-18/h1-2H,3-10H2. The van der Waals surface area contributed by atoms with E-state index in [1.165, 1.54) is 0 Å². The van der Waals surface area contributed by atoms with Crippen LogP contribution in [0.1, 0.15) is 5.56 Å². The third-order valence-electron chi connectivity index (χ3n) is 3.63. The predicted octanol–water partition coefficient (Wildman–Crippen LogP) is 2.06. The summed E-state index contributed by atoms with van der Waals surface area (Å²) < 4.78 is 0. The van der Waals surface area contributed by atoms with E-state index in [1.54, 1.807) is 0 Å². The van der Waals surface area contributed by atoms with Crippen LogP contribution in [0.15, 0.2) is 12.1 Å². The Morgan fingerprint density at radius 1 is 0.950 bits per heavy atom. The van der Waals surface area contributed by atoms with Gasteiger partial charge in [-0.05, 0) is 12.1 Å². The molecule has 2 aliphatic rings. The first-order chi connectivity index (χ1) is 9.88. The second-order valence-corrected chi connectivity index (χ2v) is 7.30. The van der Waals surface area contributed by atoms with Crippen molar-refractivity contribution in [2.75, 3.05) is 59.0 Å². The van der Waals surface area contributed by atoms with Gasteiger partial charge in [-0.3, -0.25) is 0 Å². The van der Waals surface area contributed by atoms with Gasteiger partial charge in [0.1, 0.15) is 17.7 Å². The van der Waals surface area contributed by atoms with Gasteiger partial charge in [0.2, 0.25) is 0 Å². The summed E-state index contributed by atoms with van der Waals surface area (Å²) in [7, 11) is 0. The normalized spacial score (nSPS) is 19.8. The number of hydrogen-bond acceptors (Lipinski definition) is 6. The third-order valence-corrected chi connectivity index (χ3v) is 5.51. The summed E-state index contributed by atoms with van der Waals surface area (Å²) in [5, 5.41) is 9.31. The summed E-state index contributed by atoms with van der Waals surface area (Å²) in [6.45, 7) is 4.09. The fourth-order valence-electron chi connectivity index (χ4n) is 2.51. The van der Waals surface area contributed by atoms with Crippen molar-refractivity contribution in [2.24, 2.45) is 0 Å². The quantitative estimate of drug-likeness (QED) is 0.833. The Labute approximate surface area is 128 Å². The van der Waals surface area contributed by atoms with E-state index >= 15 is 0 Å². The first kappa shape index (κ1) is 13.9. The van der Waals surface area contributed by atoms with Crippen LogP contribution in [0, 0.1) is 11.3 Å². The molecule has 0 amide bonds. The molecule has 0 unspecified atom stereocenters. The highest BCUT2D eigenvalue weighted by atomic mass is 32.2. The molecule has 1 aromatic heterocycles. The summed E-state index contributed by atoms with van der Waals surface area (Å²) in [4.78, 5) is 9.40. The van der Waals surface area contributed by atoms with Crippen molar-refractivity contribution in [3.8, 4) is 6.07 Å². The van der Waals surface area contributed by atoms with Crippen LogP contribution in [0.2, 0.25) is 0 Å². The molecule has 0 N–H and O–H groups in total. The number of nitrogens with zero attached hydrogens (tertiary/aromatic N) is 4. The number of rotatable bonds is 2. The maximum Gasteiger partial charge on any atom is 0.149 e. The van der Waals surface area contributed by atoms with Crippen molar-refractivity contribution >= 4 is 35.2 Å². The zero-order chi connectivity index (χ0) is 13.8. The molecule has 0 aliphatic carbocycles. The molecule has 20 heavy (non-hydrogen) atoms. The summed E-state index contributed by atoms with van der Waals surface area (Å²) in [5.74, 6) is 6.48. The van der Waals surface area contributed by atoms with E-state index in [4.69, 9.17) is 4.98 Å². The minimum atomic E-state index is 0.701. The number of aromatic nitrogens is 1. The smallest absolute Gasteiger partial charge is 0.149 e. The Bertz CT molecular complexity index is 502. The first-order valence-corrected chi connectivity index (χ1v) is 9.26. The van der Waals surface area contributed by atoms with Crippen LogP contribution in [-0.4, -0.2) is 54.2 Å². The van der Waals surface area contributed by atoms with E-state index in [1.807, 2.05) is 35.7 Å². The van der Waals surface area contributed by atoms with Gasteiger partial charge in [-0.15, -0.1) is 0 Å². The number of thioether (sulfide) groups is 2. The molecule has 0 saturated carbocycles. The van der Waals surface area contributed by atoms with Crippen LogP contribution in [0.25, 0.3) is 0 Å². The fourth-order valence-corrected chi connectivity index (χ4v) is 4.32. The Kier molecular flexibility index (Phi) is 4.58. The van der Waals surface area contributed by atoms with Crippen LogP contribution >= 0.6 is 23.5 Å². The summed E-state index contributed by atoms with van der Waals surface area (Å²) in [5.41, 5.74) is 0.701. The lowest BCUT2D eigenvalue weighted by Crippen LogP contribution is -2.36. The van der Waals surface area contributed by atoms with Crippen LogP contribution in [0.4, 0.5) is 11.6 Å². The predicted molar refractivity (Wildman–Crippen MR) is 88.0 cm³/mol. The zero-order valence-corrected chi connectivity index (χ0v) is 13.0. The SMILES string of the molecule is N#Cc1ccc(N2CCSCC2)nc1N1CCSCC1. The molecule has 1 aromatic rings. The van der Waals surface area contributed by atoms with Gasteiger partial charge in [0.15, 0.2) is 0 Å². The fraction of sp³-hybridized carbons (Fsp3) is 0.571. The van der Waals surface area contributed by atoms with Crippen LogP contribution in [-0.2, 0) is 0 Å². The Hall–Kier alpha value is -1.06. The average molecular weight is 306 g/mol. The largest absolute Gasteiger partial charge is 0.355 e. The van der Waals surface area contributed by atoms with E-state index in [9.17, 15) is 5.26 Å². The molecule has 6 heteroatoms. The minimum Gasteiger partial charge on any atom is -0.355 e. The lowest BCUT2D eigenvalue weighted by Gasteiger charge is -2.31. The van der Waals surface area contributed by atoms with Crippen molar-refractivity contribution in [1.82, 2.24) is 4.98 Å². The highest BCUT2D eigenvalue weighted by Gasteiger charge is 2.19. The molecule has 0 radical (unpaired) electrons. The van der Waals surface area contributed by atoms with E-state index in [0.717, 1.165) is 60.8 Å². The van der Waals surface area contributed by atoms with Gasteiger partial charge in [0, 0.05) is 49.2 Å². The number of hydrogen-bond donors (Lipinski definition) is 0. The maximum atomic E-state index is 9.31. The van der Waals surface area contributed by atoms with Gasteiger partial charge in [0.25, 0.3) is 0 Å². The molecule has 2 aliphatic heterocycles. The Morgan fingerprint density at radius 2 is 1.55 bits per heavy atom. The summed E-state index contributed by atoms with van der Waals surface area (Å²) in [6, 6.07) is 6.22. The monoisotopic (exact) mass is 306 g/mol. The van der Waals surface area contributed by atoms with E-state index < -0.39 is 0 Å². The molecule has 2 fully saturated rings. The average Bonchev–Trinajstić information content (AvgIpc) is 2.56. The van der Waals surface area contributed by atoms with E-state index in [0.29, 0.717) is 5.56 Å². The molecule has 0 aromatic carbocycles. The molecule has 106 valence electrons. The lowest BCUT2D eigenvalue weighted by atomic mass is 10.2. The van der Waals surface area contributed by atoms with Crippen molar-refractivity contribution in [1.29, 1.82) is 5.26 Å². The molecular weight excluding hydrogens is 288 g/mol. The highest BCUT2D eigenvalue weighted by molar-refractivity contribution is 7.99. The van der Waals surface area contributed by atoms with Crippen LogP contribution in [0.3, 0.4) is 0 Å². The zero-order valence-electron chi connectivity index (χ0n) is 11.4. The molecule has 3 rings (SSSR count). The molecule has 0 spiro atoms. The van der Waals surface area contributed by atoms with Gasteiger partial charge in [-0.1, -0.05) is 0 Å². The van der Waals surface area contributed by atoms with Crippen molar-refractivity contribution in [3.63, 3.8) is 0 Å². The van der Waals surface area contributed by atoms with Gasteiger partial charge in [-0.25, -0.2) is 4.98 Å². The molecular formula is C14H18N4S2. The minimum absolute atomic E-state index is 0.701. The molecule has 2 saturated heterocycles. The second-order valence-electron chi connectivity index (χ2n) is 4.85. The van der Waals surface area contributed by atoms with Crippen molar-refractivity contribution in [3.05, 3.63) is 17.7 Å². The molecule has 0 bridgehead atoms. The molecule has 4 nitrogen and oxygen atoms in total. The van der Waals surface area contributed by atoms with Gasteiger partial charge in [0.05, 0.1) is 5.56 Å². The van der Waals surface area contributed by atoms with E-state index in [2.05, 4.69) is 15.9 Å². The van der Waals surface area contributed by atoms with Crippen molar-refractivity contribution in [2.45, 2.75) is 0 Å². The summed E-state index contributed by atoms with van der Waals surface area (Å²) >= 11 is 3.97. The summed E-state index contributed by atoms with van der Waals surface area (Å²) in [6.07, 6.45) is 0. The number of pyridine rings is 1. The van der Waals surface area contributed by atoms with E-state index in [-0.39, 0.29) is 0 Å². The maximum absolute atomic E-state index is 9.31. The van der Waals surface area contributed by atoms with Gasteiger partial charge in [-0.2, -0.15) is 28.8 Å². The number of nitriles is 1. The van der Waals surface area contributed by atoms with Crippen LogP contribution in [0.5, 0.6) is 0 Å². The van der Waals surface area contributed by atoms with Crippen molar-refractivity contribution < 1.29 is 0 Å². The Morgan fingerprint density at radius 3 is 2.15 bits per heavy atom.